The average Bonchev–Trinajstić information content (AvgIpc) is 2.61. The summed E-state index contributed by atoms with van der Waals surface area (Å²) in [6.07, 6.45) is 4.86. The predicted octanol–water partition coefficient (Wildman–Crippen LogP) is 2.53. The smallest absolute Gasteiger partial charge is 0.165 e. The molecular weight excluding hydrogens is 206 g/mol. The molecule has 0 amide bonds. The molecule has 0 bridgehead atoms. The molecule has 0 spiro atoms. The maximum absolute atomic E-state index is 4.15. The molecule has 0 fully saturated rings. The molecule has 0 aromatic carbocycles. The quantitative estimate of drug-likeness (QED) is 0.579. The standard InChI is InChI=1S/C11H21N3S/c1-11(2,3)4-5-12-8-9-15-10-13-6-7-14-10/h6-7,12H,4-5,8-9H2,1-3H3,(H,13,14). The van der Waals surface area contributed by atoms with Gasteiger partial charge >= 0.3 is 0 Å². The summed E-state index contributed by atoms with van der Waals surface area (Å²) in [5, 5.41) is 4.45. The van der Waals surface area contributed by atoms with E-state index in [1.165, 1.54) is 6.42 Å². The van der Waals surface area contributed by atoms with Crippen molar-refractivity contribution in [3.63, 3.8) is 0 Å². The normalized spacial score (nSPS) is 11.9. The molecule has 0 saturated carbocycles. The number of imidazole rings is 1. The molecule has 0 saturated heterocycles. The number of nitrogens with zero attached hydrogens (tertiary/aromatic N) is 1. The van der Waals surface area contributed by atoms with Crippen LogP contribution in [0.1, 0.15) is 27.2 Å². The first-order chi connectivity index (χ1) is 7.08. The highest BCUT2D eigenvalue weighted by Crippen LogP contribution is 2.17. The molecule has 0 atom stereocenters. The third-order valence-corrected chi connectivity index (χ3v) is 2.95. The topological polar surface area (TPSA) is 40.7 Å². The number of rotatable bonds is 6. The van der Waals surface area contributed by atoms with Gasteiger partial charge in [0.05, 0.1) is 0 Å². The molecule has 1 aromatic heterocycles. The van der Waals surface area contributed by atoms with Gasteiger partial charge in [0.25, 0.3) is 0 Å². The van der Waals surface area contributed by atoms with Gasteiger partial charge in [0.2, 0.25) is 0 Å². The summed E-state index contributed by atoms with van der Waals surface area (Å²) in [6, 6.07) is 0. The van der Waals surface area contributed by atoms with Crippen molar-refractivity contribution in [3.05, 3.63) is 12.4 Å². The summed E-state index contributed by atoms with van der Waals surface area (Å²) in [7, 11) is 0. The van der Waals surface area contributed by atoms with Crippen molar-refractivity contribution in [2.75, 3.05) is 18.8 Å². The molecule has 0 aliphatic carbocycles. The van der Waals surface area contributed by atoms with Gasteiger partial charge in [-0.1, -0.05) is 32.5 Å². The van der Waals surface area contributed by atoms with Crippen LogP contribution in [0.3, 0.4) is 0 Å². The fourth-order valence-electron chi connectivity index (χ4n) is 1.14. The number of hydrogen-bond acceptors (Lipinski definition) is 3. The zero-order chi connectivity index (χ0) is 11.1. The van der Waals surface area contributed by atoms with Crippen LogP contribution in [0.25, 0.3) is 0 Å². The number of thioether (sulfide) groups is 1. The largest absolute Gasteiger partial charge is 0.340 e. The van der Waals surface area contributed by atoms with Crippen LogP contribution in [-0.4, -0.2) is 28.8 Å². The Balaban J connectivity index is 1.94. The summed E-state index contributed by atoms with van der Waals surface area (Å²) in [6.45, 7) is 8.95. The van der Waals surface area contributed by atoms with Gasteiger partial charge in [-0.2, -0.15) is 0 Å². The Morgan fingerprint density at radius 2 is 2.20 bits per heavy atom. The lowest BCUT2D eigenvalue weighted by molar-refractivity contribution is 0.369. The maximum atomic E-state index is 4.15. The average molecular weight is 227 g/mol. The molecule has 0 aliphatic heterocycles. The van der Waals surface area contributed by atoms with Gasteiger partial charge in [-0.05, 0) is 18.4 Å². The molecule has 0 aliphatic rings. The van der Waals surface area contributed by atoms with Gasteiger partial charge in [0.15, 0.2) is 5.16 Å². The van der Waals surface area contributed by atoms with Crippen LogP contribution in [0, 0.1) is 5.41 Å². The lowest BCUT2D eigenvalue weighted by Gasteiger charge is -2.17. The number of H-pyrrole nitrogens is 1. The predicted molar refractivity (Wildman–Crippen MR) is 66.3 cm³/mol. The Morgan fingerprint density at radius 1 is 1.40 bits per heavy atom. The first-order valence-electron chi connectivity index (χ1n) is 5.41. The van der Waals surface area contributed by atoms with Crippen LogP contribution >= 0.6 is 11.8 Å². The second-order valence-corrected chi connectivity index (χ2v) is 5.89. The summed E-state index contributed by atoms with van der Waals surface area (Å²) < 4.78 is 0. The highest BCUT2D eigenvalue weighted by Gasteiger charge is 2.08. The van der Waals surface area contributed by atoms with Crippen LogP contribution in [0.15, 0.2) is 17.6 Å². The molecule has 2 N–H and O–H groups in total. The van der Waals surface area contributed by atoms with Crippen LogP contribution in [0.4, 0.5) is 0 Å². The van der Waals surface area contributed by atoms with E-state index in [9.17, 15) is 0 Å². The Morgan fingerprint density at radius 3 is 2.80 bits per heavy atom. The van der Waals surface area contributed by atoms with Gasteiger partial charge in [0, 0.05) is 24.7 Å². The van der Waals surface area contributed by atoms with Crippen LogP contribution < -0.4 is 5.32 Å². The second-order valence-electron chi connectivity index (χ2n) is 4.80. The van der Waals surface area contributed by atoms with Gasteiger partial charge in [-0.15, -0.1) is 0 Å². The number of nitrogens with one attached hydrogen (secondary N) is 2. The van der Waals surface area contributed by atoms with Crippen molar-refractivity contribution in [3.8, 4) is 0 Å². The van der Waals surface area contributed by atoms with Gasteiger partial charge < -0.3 is 10.3 Å². The summed E-state index contributed by atoms with van der Waals surface area (Å²) in [5.41, 5.74) is 0.432. The molecule has 0 unspecified atom stereocenters. The third kappa shape index (κ3) is 6.57. The Labute approximate surface area is 96.5 Å². The fourth-order valence-corrected chi connectivity index (χ4v) is 1.86. The fraction of sp³-hybridized carbons (Fsp3) is 0.727. The van der Waals surface area contributed by atoms with Gasteiger partial charge in [-0.25, -0.2) is 4.98 Å². The van der Waals surface area contributed by atoms with Crippen molar-refractivity contribution in [2.45, 2.75) is 32.3 Å². The second kappa shape index (κ2) is 6.18. The van der Waals surface area contributed by atoms with Crippen LogP contribution in [0.5, 0.6) is 0 Å². The third-order valence-electron chi connectivity index (χ3n) is 2.04. The highest BCUT2D eigenvalue weighted by molar-refractivity contribution is 7.99. The van der Waals surface area contributed by atoms with E-state index in [1.54, 1.807) is 18.0 Å². The van der Waals surface area contributed by atoms with Crippen LogP contribution in [0.2, 0.25) is 0 Å². The van der Waals surface area contributed by atoms with E-state index in [4.69, 9.17) is 0 Å². The molecule has 1 rings (SSSR count). The minimum absolute atomic E-state index is 0.432. The molecule has 86 valence electrons. The molecule has 3 nitrogen and oxygen atoms in total. The molecule has 0 radical (unpaired) electrons. The number of aromatic amines is 1. The summed E-state index contributed by atoms with van der Waals surface area (Å²) in [4.78, 5) is 7.23. The zero-order valence-electron chi connectivity index (χ0n) is 9.84. The maximum Gasteiger partial charge on any atom is 0.165 e. The van der Waals surface area contributed by atoms with Crippen LogP contribution in [-0.2, 0) is 0 Å². The van der Waals surface area contributed by atoms with Gasteiger partial charge in [0.1, 0.15) is 0 Å². The number of aromatic nitrogens is 2. The first-order valence-corrected chi connectivity index (χ1v) is 6.39. The SMILES string of the molecule is CC(C)(C)CCNCCSc1ncc[nH]1. The van der Waals surface area contributed by atoms with Crippen molar-refractivity contribution in [1.82, 2.24) is 15.3 Å². The summed E-state index contributed by atoms with van der Waals surface area (Å²) in [5.74, 6) is 1.07. The van der Waals surface area contributed by atoms with E-state index in [2.05, 4.69) is 36.1 Å². The minimum atomic E-state index is 0.432. The monoisotopic (exact) mass is 227 g/mol. The van der Waals surface area contributed by atoms with E-state index in [0.717, 1.165) is 24.0 Å². The lowest BCUT2D eigenvalue weighted by atomic mass is 9.92. The molecule has 15 heavy (non-hydrogen) atoms. The zero-order valence-corrected chi connectivity index (χ0v) is 10.7. The molecular formula is C11H21N3S. The van der Waals surface area contributed by atoms with E-state index in [-0.39, 0.29) is 0 Å². The minimum Gasteiger partial charge on any atom is -0.340 e. The van der Waals surface area contributed by atoms with E-state index in [1.807, 2.05) is 6.20 Å². The Bertz CT molecular complexity index is 251. The Kier molecular flexibility index (Phi) is 5.19. The number of hydrogen-bond donors (Lipinski definition) is 2. The first kappa shape index (κ1) is 12.6. The highest BCUT2D eigenvalue weighted by atomic mass is 32.2. The van der Waals surface area contributed by atoms with E-state index >= 15 is 0 Å². The molecule has 1 aromatic rings. The van der Waals surface area contributed by atoms with Crippen molar-refractivity contribution in [2.24, 2.45) is 5.41 Å². The van der Waals surface area contributed by atoms with Crippen molar-refractivity contribution < 1.29 is 0 Å². The molecule has 1 heterocycles. The lowest BCUT2D eigenvalue weighted by Crippen LogP contribution is -2.22. The van der Waals surface area contributed by atoms with Gasteiger partial charge in [-0.3, -0.25) is 0 Å². The molecule has 4 heteroatoms. The summed E-state index contributed by atoms with van der Waals surface area (Å²) >= 11 is 1.76. The van der Waals surface area contributed by atoms with E-state index in [0.29, 0.717) is 5.41 Å². The van der Waals surface area contributed by atoms with E-state index < -0.39 is 0 Å². The van der Waals surface area contributed by atoms with Crippen molar-refractivity contribution >= 4 is 11.8 Å². The van der Waals surface area contributed by atoms with Crippen molar-refractivity contribution in [1.29, 1.82) is 0 Å². The Hall–Kier alpha value is -0.480.